The van der Waals surface area contributed by atoms with Crippen molar-refractivity contribution in [3.8, 4) is 0 Å². The molecule has 0 spiro atoms. The Balaban J connectivity index is 2.01. The Morgan fingerprint density at radius 2 is 2.19 bits per heavy atom. The number of esters is 1. The number of carbonyl (C=O) groups excluding carboxylic acids is 1. The maximum absolute atomic E-state index is 11.6. The van der Waals surface area contributed by atoms with Crippen molar-refractivity contribution in [2.75, 3.05) is 13.7 Å². The van der Waals surface area contributed by atoms with Gasteiger partial charge in [-0.3, -0.25) is 9.69 Å². The van der Waals surface area contributed by atoms with Crippen molar-refractivity contribution >= 4 is 5.97 Å². The molecule has 1 aliphatic heterocycles. The zero-order valence-corrected chi connectivity index (χ0v) is 9.56. The first-order valence-corrected chi connectivity index (χ1v) is 5.67. The van der Waals surface area contributed by atoms with Crippen molar-refractivity contribution in [3.05, 3.63) is 35.9 Å². The predicted molar refractivity (Wildman–Crippen MR) is 61.9 cm³/mol. The summed E-state index contributed by atoms with van der Waals surface area (Å²) >= 11 is 0. The second-order valence-corrected chi connectivity index (χ2v) is 4.14. The van der Waals surface area contributed by atoms with Crippen LogP contribution in [0.4, 0.5) is 0 Å². The van der Waals surface area contributed by atoms with Gasteiger partial charge in [-0.15, -0.1) is 0 Å². The van der Waals surface area contributed by atoms with Gasteiger partial charge in [0.1, 0.15) is 6.04 Å². The Kier molecular flexibility index (Phi) is 3.57. The van der Waals surface area contributed by atoms with Crippen LogP contribution < -0.4 is 0 Å². The first kappa shape index (κ1) is 11.1. The highest BCUT2D eigenvalue weighted by molar-refractivity contribution is 5.75. The molecule has 0 aromatic heterocycles. The molecule has 1 aromatic carbocycles. The molecule has 1 heterocycles. The van der Waals surface area contributed by atoms with E-state index >= 15 is 0 Å². The molecule has 0 unspecified atom stereocenters. The number of carbonyl (C=O) groups is 1. The molecular formula is C13H17NO2. The predicted octanol–water partition coefficient (Wildman–Crippen LogP) is 1.82. The number of likely N-dealkylation sites (tertiary alicyclic amines) is 1. The summed E-state index contributed by atoms with van der Waals surface area (Å²) < 4.78 is 4.82. The SMILES string of the molecule is COC(=O)[C@H]1CCCN1Cc1ccccc1. The molecule has 1 aliphatic rings. The van der Waals surface area contributed by atoms with Crippen LogP contribution in [0.15, 0.2) is 30.3 Å². The summed E-state index contributed by atoms with van der Waals surface area (Å²) in [5, 5.41) is 0. The zero-order valence-electron chi connectivity index (χ0n) is 9.56. The van der Waals surface area contributed by atoms with Gasteiger partial charge in [-0.05, 0) is 24.9 Å². The van der Waals surface area contributed by atoms with Gasteiger partial charge >= 0.3 is 5.97 Å². The maximum atomic E-state index is 11.6. The molecule has 0 aliphatic carbocycles. The van der Waals surface area contributed by atoms with Crippen LogP contribution in [0.2, 0.25) is 0 Å². The summed E-state index contributed by atoms with van der Waals surface area (Å²) in [6, 6.07) is 10.2. The highest BCUT2D eigenvalue weighted by Crippen LogP contribution is 2.20. The third-order valence-corrected chi connectivity index (χ3v) is 3.07. The van der Waals surface area contributed by atoms with Gasteiger partial charge in [-0.25, -0.2) is 0 Å². The molecule has 16 heavy (non-hydrogen) atoms. The van der Waals surface area contributed by atoms with Crippen molar-refractivity contribution in [1.82, 2.24) is 4.90 Å². The fourth-order valence-corrected chi connectivity index (χ4v) is 2.24. The lowest BCUT2D eigenvalue weighted by Crippen LogP contribution is -2.36. The lowest BCUT2D eigenvalue weighted by molar-refractivity contribution is -0.146. The van der Waals surface area contributed by atoms with Crippen LogP contribution in [0, 0.1) is 0 Å². The number of rotatable bonds is 3. The molecule has 0 bridgehead atoms. The summed E-state index contributed by atoms with van der Waals surface area (Å²) in [6.07, 6.45) is 1.99. The van der Waals surface area contributed by atoms with E-state index in [2.05, 4.69) is 17.0 Å². The van der Waals surface area contributed by atoms with E-state index in [0.717, 1.165) is 25.9 Å². The summed E-state index contributed by atoms with van der Waals surface area (Å²) in [5.74, 6) is -0.103. The van der Waals surface area contributed by atoms with Crippen LogP contribution >= 0.6 is 0 Å². The standard InChI is InChI=1S/C13H17NO2/c1-16-13(15)12-8-5-9-14(12)10-11-6-3-2-4-7-11/h2-4,6-7,12H,5,8-10H2,1H3/t12-/m1/s1. The monoisotopic (exact) mass is 219 g/mol. The number of methoxy groups -OCH3 is 1. The average molecular weight is 219 g/mol. The van der Waals surface area contributed by atoms with Crippen LogP contribution in [0.5, 0.6) is 0 Å². The first-order valence-electron chi connectivity index (χ1n) is 5.67. The highest BCUT2D eigenvalue weighted by atomic mass is 16.5. The largest absolute Gasteiger partial charge is 0.468 e. The molecule has 1 fully saturated rings. The van der Waals surface area contributed by atoms with E-state index in [4.69, 9.17) is 4.74 Å². The van der Waals surface area contributed by atoms with E-state index in [-0.39, 0.29) is 12.0 Å². The minimum absolute atomic E-state index is 0.0507. The molecule has 0 N–H and O–H groups in total. The Bertz CT molecular complexity index is 350. The maximum Gasteiger partial charge on any atom is 0.323 e. The molecule has 0 saturated carbocycles. The molecule has 3 heteroatoms. The smallest absolute Gasteiger partial charge is 0.323 e. The molecule has 3 nitrogen and oxygen atoms in total. The lowest BCUT2D eigenvalue weighted by Gasteiger charge is -2.22. The molecule has 1 aromatic rings. The first-order chi connectivity index (χ1) is 7.81. The Labute approximate surface area is 96.0 Å². The number of ether oxygens (including phenoxy) is 1. The van der Waals surface area contributed by atoms with Crippen LogP contribution in [0.1, 0.15) is 18.4 Å². The Morgan fingerprint density at radius 1 is 1.44 bits per heavy atom. The van der Waals surface area contributed by atoms with E-state index in [1.165, 1.54) is 12.7 Å². The quantitative estimate of drug-likeness (QED) is 0.726. The van der Waals surface area contributed by atoms with Crippen LogP contribution in [-0.2, 0) is 16.1 Å². The third kappa shape index (κ3) is 2.42. The number of hydrogen-bond donors (Lipinski definition) is 0. The minimum Gasteiger partial charge on any atom is -0.468 e. The van der Waals surface area contributed by atoms with Crippen molar-refractivity contribution in [3.63, 3.8) is 0 Å². The van der Waals surface area contributed by atoms with Gasteiger partial charge in [0, 0.05) is 6.54 Å². The van der Waals surface area contributed by atoms with Gasteiger partial charge < -0.3 is 4.74 Å². The average Bonchev–Trinajstić information content (AvgIpc) is 2.77. The fourth-order valence-electron chi connectivity index (χ4n) is 2.24. The molecular weight excluding hydrogens is 202 g/mol. The van der Waals surface area contributed by atoms with Crippen molar-refractivity contribution in [2.45, 2.75) is 25.4 Å². The Morgan fingerprint density at radius 3 is 2.88 bits per heavy atom. The van der Waals surface area contributed by atoms with Gasteiger partial charge in [0.05, 0.1) is 7.11 Å². The topological polar surface area (TPSA) is 29.5 Å². The van der Waals surface area contributed by atoms with Crippen LogP contribution in [0.3, 0.4) is 0 Å². The van der Waals surface area contributed by atoms with E-state index in [0.29, 0.717) is 0 Å². The normalized spacial score (nSPS) is 20.9. The summed E-state index contributed by atoms with van der Waals surface area (Å²) in [4.78, 5) is 13.7. The highest BCUT2D eigenvalue weighted by Gasteiger charge is 2.31. The van der Waals surface area contributed by atoms with E-state index in [1.807, 2.05) is 18.2 Å². The van der Waals surface area contributed by atoms with Crippen molar-refractivity contribution < 1.29 is 9.53 Å². The molecule has 1 saturated heterocycles. The fraction of sp³-hybridized carbons (Fsp3) is 0.462. The van der Waals surface area contributed by atoms with Crippen molar-refractivity contribution in [1.29, 1.82) is 0 Å². The summed E-state index contributed by atoms with van der Waals surface area (Å²) in [7, 11) is 1.46. The van der Waals surface area contributed by atoms with Crippen LogP contribution in [-0.4, -0.2) is 30.6 Å². The molecule has 0 radical (unpaired) electrons. The molecule has 1 atom stereocenters. The van der Waals surface area contributed by atoms with Crippen LogP contribution in [0.25, 0.3) is 0 Å². The third-order valence-electron chi connectivity index (χ3n) is 3.07. The summed E-state index contributed by atoms with van der Waals surface area (Å²) in [6.45, 7) is 1.81. The number of benzene rings is 1. The Hall–Kier alpha value is -1.35. The molecule has 86 valence electrons. The van der Waals surface area contributed by atoms with Gasteiger partial charge in [0.25, 0.3) is 0 Å². The number of nitrogens with zero attached hydrogens (tertiary/aromatic N) is 1. The number of hydrogen-bond acceptors (Lipinski definition) is 3. The minimum atomic E-state index is -0.103. The lowest BCUT2D eigenvalue weighted by atomic mass is 10.2. The van der Waals surface area contributed by atoms with Crippen molar-refractivity contribution in [2.24, 2.45) is 0 Å². The molecule has 0 amide bonds. The molecule has 2 rings (SSSR count). The van der Waals surface area contributed by atoms with E-state index in [1.54, 1.807) is 0 Å². The second-order valence-electron chi connectivity index (χ2n) is 4.14. The van der Waals surface area contributed by atoms with Gasteiger partial charge in [-0.1, -0.05) is 30.3 Å². The van der Waals surface area contributed by atoms with Gasteiger partial charge in [-0.2, -0.15) is 0 Å². The summed E-state index contributed by atoms with van der Waals surface area (Å²) in [5.41, 5.74) is 1.25. The zero-order chi connectivity index (χ0) is 11.4. The van der Waals surface area contributed by atoms with E-state index < -0.39 is 0 Å². The van der Waals surface area contributed by atoms with Gasteiger partial charge in [0.15, 0.2) is 0 Å². The van der Waals surface area contributed by atoms with E-state index in [9.17, 15) is 4.79 Å². The second kappa shape index (κ2) is 5.12. The van der Waals surface area contributed by atoms with Gasteiger partial charge in [0.2, 0.25) is 0 Å².